The monoisotopic (exact) mass is 550 g/mol. The first kappa shape index (κ1) is 34.3. The lowest BCUT2D eigenvalue weighted by Crippen LogP contribution is -2.30. The number of nitrogens with zero attached hydrogens (tertiary/aromatic N) is 2. The fourth-order valence-electron chi connectivity index (χ4n) is 4.14. The molecule has 0 bridgehead atoms. The molecule has 0 amide bonds. The largest absolute Gasteiger partial charge is 0.496 e. The van der Waals surface area contributed by atoms with Crippen molar-refractivity contribution in [2.45, 2.75) is 20.3 Å². The maximum absolute atomic E-state index is 5.84. The molecule has 2 aromatic rings. The third-order valence-electron chi connectivity index (χ3n) is 6.22. The summed E-state index contributed by atoms with van der Waals surface area (Å²) in [5.41, 5.74) is 4.02. The van der Waals surface area contributed by atoms with E-state index in [9.17, 15) is 0 Å². The van der Waals surface area contributed by atoms with E-state index in [1.54, 1.807) is 49.8 Å². The summed E-state index contributed by atoms with van der Waals surface area (Å²) in [4.78, 5) is 4.43. The molecule has 0 aromatic heterocycles. The smallest absolute Gasteiger partial charge is 0.128 e. The summed E-state index contributed by atoms with van der Waals surface area (Å²) in [5.74, 6) is 2.30. The van der Waals surface area contributed by atoms with Gasteiger partial charge in [0, 0.05) is 96.2 Å². The van der Waals surface area contributed by atoms with Crippen molar-refractivity contribution < 1.29 is 33.2 Å². The van der Waals surface area contributed by atoms with E-state index in [0.717, 1.165) is 65.9 Å². The van der Waals surface area contributed by atoms with Gasteiger partial charge in [-0.15, -0.1) is 0 Å². The molecule has 0 unspecified atom stereocenters. The number of ether oxygens (including phenoxy) is 7. The minimum absolute atomic E-state index is 0.586. The maximum Gasteiger partial charge on any atom is 0.128 e. The predicted octanol–water partition coefficient (Wildman–Crippen LogP) is 4.53. The van der Waals surface area contributed by atoms with Crippen molar-refractivity contribution in [3.63, 3.8) is 0 Å². The van der Waals surface area contributed by atoms with Gasteiger partial charge in [0.2, 0.25) is 0 Å². The molecular formula is C30H50N2O7. The minimum Gasteiger partial charge on any atom is -0.496 e. The number of benzene rings is 2. The molecule has 39 heavy (non-hydrogen) atoms. The van der Waals surface area contributed by atoms with Crippen LogP contribution in [0, 0.1) is 0 Å². The molecule has 9 nitrogen and oxygen atoms in total. The molecule has 2 rings (SSSR count). The lowest BCUT2D eigenvalue weighted by molar-refractivity contribution is 0.190. The Hall–Kier alpha value is -2.72. The molecule has 0 saturated heterocycles. The minimum atomic E-state index is 0.586. The maximum atomic E-state index is 5.84. The highest BCUT2D eigenvalue weighted by atomic mass is 16.5. The molecule has 0 fully saturated rings. The molecule has 222 valence electrons. The van der Waals surface area contributed by atoms with Gasteiger partial charge in [0.25, 0.3) is 0 Å². The van der Waals surface area contributed by atoms with E-state index in [1.807, 2.05) is 26.0 Å². The summed E-state index contributed by atoms with van der Waals surface area (Å²) < 4.78 is 38.7. The number of hydrogen-bond donors (Lipinski definition) is 0. The number of methoxy groups -OCH3 is 7. The third-order valence-corrected chi connectivity index (χ3v) is 6.22. The number of anilines is 2. The van der Waals surface area contributed by atoms with Gasteiger partial charge < -0.3 is 43.0 Å². The second kappa shape index (κ2) is 20.2. The van der Waals surface area contributed by atoms with Crippen LogP contribution in [0.4, 0.5) is 11.4 Å². The average Bonchev–Trinajstić information content (AvgIpc) is 2.98. The van der Waals surface area contributed by atoms with Crippen molar-refractivity contribution in [1.29, 1.82) is 0 Å². The van der Waals surface area contributed by atoms with E-state index in [4.69, 9.17) is 33.2 Å². The van der Waals surface area contributed by atoms with Crippen molar-refractivity contribution in [3.8, 4) is 17.2 Å². The normalized spacial score (nSPS) is 10.5. The van der Waals surface area contributed by atoms with Crippen LogP contribution in [0.3, 0.4) is 0 Å². The predicted molar refractivity (Wildman–Crippen MR) is 159 cm³/mol. The Kier molecular flexibility index (Phi) is 17.8. The zero-order valence-corrected chi connectivity index (χ0v) is 25.5. The molecule has 0 saturated carbocycles. The van der Waals surface area contributed by atoms with Gasteiger partial charge in [0.15, 0.2) is 0 Å². The van der Waals surface area contributed by atoms with Crippen molar-refractivity contribution in [2.75, 3.05) is 112 Å². The van der Waals surface area contributed by atoms with Gasteiger partial charge >= 0.3 is 0 Å². The van der Waals surface area contributed by atoms with Crippen LogP contribution in [0.1, 0.15) is 25.0 Å². The zero-order chi connectivity index (χ0) is 29.0. The van der Waals surface area contributed by atoms with E-state index in [1.165, 1.54) is 0 Å². The molecule has 9 heteroatoms. The quantitative estimate of drug-likeness (QED) is 0.251. The van der Waals surface area contributed by atoms with Crippen LogP contribution >= 0.6 is 0 Å². The Morgan fingerprint density at radius 3 is 1.28 bits per heavy atom. The second-order valence-corrected chi connectivity index (χ2v) is 8.45. The Morgan fingerprint density at radius 2 is 0.897 bits per heavy atom. The molecule has 2 aromatic carbocycles. The van der Waals surface area contributed by atoms with Crippen LogP contribution in [-0.2, 0) is 25.4 Å². The summed E-state index contributed by atoms with van der Waals surface area (Å²) >= 11 is 0. The first-order chi connectivity index (χ1) is 19.1. The Labute approximate surface area is 235 Å². The van der Waals surface area contributed by atoms with E-state index >= 15 is 0 Å². The van der Waals surface area contributed by atoms with Gasteiger partial charge in [-0.2, -0.15) is 0 Å². The Bertz CT molecular complexity index is 885. The van der Waals surface area contributed by atoms with E-state index in [-0.39, 0.29) is 0 Å². The van der Waals surface area contributed by atoms with E-state index in [0.29, 0.717) is 32.8 Å². The molecular weight excluding hydrogens is 500 g/mol. The molecule has 0 N–H and O–H groups in total. The zero-order valence-electron chi connectivity index (χ0n) is 25.5. The standard InChI is InChI=1S/C28H44N2O7.C2H6/c1-31-14-10-29(11-15-32-2)23-9-8-22(26(19-23)35-5)18-25-27(36-6)20-24(21-28(25)37-7)30(12-16-33-3)13-17-34-4;1-2/h8-9,19-21H,10-18H2,1-7H3;1-2H3. The van der Waals surface area contributed by atoms with Crippen molar-refractivity contribution in [2.24, 2.45) is 0 Å². The first-order valence-electron chi connectivity index (χ1n) is 13.4. The lowest BCUT2D eigenvalue weighted by Gasteiger charge is -2.27. The summed E-state index contributed by atoms with van der Waals surface area (Å²) in [5, 5.41) is 0. The van der Waals surface area contributed by atoms with E-state index in [2.05, 4.69) is 28.0 Å². The van der Waals surface area contributed by atoms with Crippen molar-refractivity contribution >= 4 is 11.4 Å². The SMILES string of the molecule is CC.COCCN(CCOC)c1ccc(Cc2c(OC)cc(N(CCOC)CCOC)cc2OC)c(OC)c1. The highest BCUT2D eigenvalue weighted by molar-refractivity contribution is 5.62. The third kappa shape index (κ3) is 10.8. The van der Waals surface area contributed by atoms with Gasteiger partial charge in [0.1, 0.15) is 17.2 Å². The van der Waals surface area contributed by atoms with Crippen molar-refractivity contribution in [1.82, 2.24) is 0 Å². The number of hydrogen-bond acceptors (Lipinski definition) is 9. The molecule has 0 radical (unpaired) electrons. The van der Waals surface area contributed by atoms with Crippen LogP contribution in [0.25, 0.3) is 0 Å². The van der Waals surface area contributed by atoms with Crippen LogP contribution in [0.15, 0.2) is 30.3 Å². The topological polar surface area (TPSA) is 71.1 Å². The first-order valence-corrected chi connectivity index (χ1v) is 13.4. The molecule has 0 heterocycles. The Balaban J connectivity index is 0.00000371. The molecule has 0 aliphatic carbocycles. The van der Waals surface area contributed by atoms with Crippen LogP contribution in [0.2, 0.25) is 0 Å². The van der Waals surface area contributed by atoms with Gasteiger partial charge in [-0.25, -0.2) is 0 Å². The highest BCUT2D eigenvalue weighted by Crippen LogP contribution is 2.38. The van der Waals surface area contributed by atoms with Gasteiger partial charge in [-0.3, -0.25) is 0 Å². The summed E-state index contributed by atoms with van der Waals surface area (Å²) in [6.07, 6.45) is 0.586. The fraction of sp³-hybridized carbons (Fsp3) is 0.600. The Morgan fingerprint density at radius 1 is 0.513 bits per heavy atom. The number of rotatable bonds is 19. The van der Waals surface area contributed by atoms with E-state index < -0.39 is 0 Å². The molecule has 0 spiro atoms. The highest BCUT2D eigenvalue weighted by Gasteiger charge is 2.19. The van der Waals surface area contributed by atoms with Crippen LogP contribution in [-0.4, -0.2) is 102 Å². The van der Waals surface area contributed by atoms with Crippen LogP contribution < -0.4 is 24.0 Å². The van der Waals surface area contributed by atoms with Crippen molar-refractivity contribution in [3.05, 3.63) is 41.5 Å². The fourth-order valence-corrected chi connectivity index (χ4v) is 4.14. The molecule has 0 aliphatic rings. The van der Waals surface area contributed by atoms with Gasteiger partial charge in [-0.1, -0.05) is 19.9 Å². The average molecular weight is 551 g/mol. The molecule has 0 atom stereocenters. The lowest BCUT2D eigenvalue weighted by atomic mass is 10.0. The van der Waals surface area contributed by atoms with Gasteiger partial charge in [-0.05, 0) is 11.6 Å². The van der Waals surface area contributed by atoms with Crippen LogP contribution in [0.5, 0.6) is 17.2 Å². The summed E-state index contributed by atoms with van der Waals surface area (Å²) in [6, 6.07) is 10.3. The summed E-state index contributed by atoms with van der Waals surface area (Å²) in [6.45, 7) is 9.42. The summed E-state index contributed by atoms with van der Waals surface area (Å²) in [7, 11) is 11.9. The molecule has 0 aliphatic heterocycles. The van der Waals surface area contributed by atoms with Gasteiger partial charge in [0.05, 0.1) is 47.8 Å². The second-order valence-electron chi connectivity index (χ2n) is 8.45.